The quantitative estimate of drug-likeness (QED) is 0.401. The number of carbonyl (C=O) groups excluding carboxylic acids is 2. The summed E-state index contributed by atoms with van der Waals surface area (Å²) < 4.78 is 15.2. The van der Waals surface area contributed by atoms with Gasteiger partial charge in [0, 0.05) is 12.5 Å². The number of halogens is 1. The Kier molecular flexibility index (Phi) is 8.12. The summed E-state index contributed by atoms with van der Waals surface area (Å²) in [5, 5.41) is 5.87. The molecule has 3 aromatic rings. The fourth-order valence-electron chi connectivity index (χ4n) is 3.72. The molecule has 0 unspecified atom stereocenters. The van der Waals surface area contributed by atoms with Crippen molar-refractivity contribution in [2.75, 3.05) is 11.9 Å². The van der Waals surface area contributed by atoms with E-state index in [4.69, 9.17) is 0 Å². The molecule has 0 atom stereocenters. The minimum Gasteiger partial charge on any atom is -0.324 e. The van der Waals surface area contributed by atoms with Crippen LogP contribution in [0.2, 0.25) is 0 Å². The summed E-state index contributed by atoms with van der Waals surface area (Å²) in [5.41, 5.74) is 4.93. The number of ketones is 1. The van der Waals surface area contributed by atoms with Gasteiger partial charge in [0.1, 0.15) is 5.82 Å². The molecule has 0 saturated carbocycles. The fourth-order valence-corrected chi connectivity index (χ4v) is 3.72. The van der Waals surface area contributed by atoms with Crippen molar-refractivity contribution in [2.24, 2.45) is 5.92 Å². The highest BCUT2D eigenvalue weighted by Gasteiger charge is 2.22. The molecule has 0 fully saturated rings. The maximum absolute atomic E-state index is 15.2. The monoisotopic (exact) mass is 446 g/mol. The molecule has 2 N–H and O–H groups in total. The van der Waals surface area contributed by atoms with Crippen molar-refractivity contribution in [3.05, 3.63) is 88.7 Å². The lowest BCUT2D eigenvalue weighted by Gasteiger charge is -2.16. The van der Waals surface area contributed by atoms with Crippen molar-refractivity contribution in [2.45, 2.75) is 40.7 Å². The third kappa shape index (κ3) is 6.36. The van der Waals surface area contributed by atoms with Crippen LogP contribution in [-0.2, 0) is 17.8 Å². The van der Waals surface area contributed by atoms with E-state index in [0.717, 1.165) is 28.7 Å². The first-order chi connectivity index (χ1) is 15.8. The lowest BCUT2D eigenvalue weighted by Crippen LogP contribution is -2.28. The van der Waals surface area contributed by atoms with Gasteiger partial charge < -0.3 is 10.6 Å². The van der Waals surface area contributed by atoms with E-state index in [2.05, 4.69) is 17.6 Å². The summed E-state index contributed by atoms with van der Waals surface area (Å²) in [4.78, 5) is 25.4. The zero-order valence-corrected chi connectivity index (χ0v) is 19.7. The minimum atomic E-state index is -0.629. The average Bonchev–Trinajstić information content (AvgIpc) is 2.78. The third-order valence-electron chi connectivity index (χ3n) is 5.50. The van der Waals surface area contributed by atoms with Crippen LogP contribution in [0.3, 0.4) is 0 Å². The lowest BCUT2D eigenvalue weighted by molar-refractivity contribution is -0.115. The molecule has 0 aliphatic heterocycles. The number of hydrogen-bond acceptors (Lipinski definition) is 3. The van der Waals surface area contributed by atoms with Gasteiger partial charge in [-0.15, -0.1) is 0 Å². The van der Waals surface area contributed by atoms with Gasteiger partial charge in [0.25, 0.3) is 0 Å². The largest absolute Gasteiger partial charge is 0.324 e. The highest BCUT2D eigenvalue weighted by atomic mass is 19.1. The van der Waals surface area contributed by atoms with Gasteiger partial charge in [-0.3, -0.25) is 9.59 Å². The van der Waals surface area contributed by atoms with Crippen LogP contribution in [0.5, 0.6) is 0 Å². The molecule has 33 heavy (non-hydrogen) atoms. The standard InChI is InChI=1S/C28H31FN2O2/c1-5-20-9-7-11-22(13-20)23-14-24(29)27(28(33)18(2)3)25(15-23)31-26(32)17-30-16-21-10-6-8-19(4)12-21/h6-15,18,30H,5,16-17H2,1-4H3,(H,31,32). The Morgan fingerprint density at radius 2 is 1.67 bits per heavy atom. The number of anilines is 1. The molecule has 0 radical (unpaired) electrons. The van der Waals surface area contributed by atoms with Crippen molar-refractivity contribution >= 4 is 17.4 Å². The molecule has 0 aromatic heterocycles. The SMILES string of the molecule is CCc1cccc(-c2cc(F)c(C(=O)C(C)C)c(NC(=O)CNCc3cccc(C)c3)c2)c1. The van der Waals surface area contributed by atoms with E-state index < -0.39 is 11.7 Å². The van der Waals surface area contributed by atoms with Gasteiger partial charge in [-0.2, -0.15) is 0 Å². The van der Waals surface area contributed by atoms with Gasteiger partial charge in [-0.05, 0) is 47.7 Å². The highest BCUT2D eigenvalue weighted by molar-refractivity contribution is 6.07. The second-order valence-electron chi connectivity index (χ2n) is 8.59. The second kappa shape index (κ2) is 11.0. The van der Waals surface area contributed by atoms with Crippen LogP contribution in [0.15, 0.2) is 60.7 Å². The third-order valence-corrected chi connectivity index (χ3v) is 5.50. The van der Waals surface area contributed by atoms with Crippen LogP contribution in [0.1, 0.15) is 47.8 Å². The lowest BCUT2D eigenvalue weighted by atomic mass is 9.94. The van der Waals surface area contributed by atoms with E-state index in [0.29, 0.717) is 12.1 Å². The number of aryl methyl sites for hydroxylation is 2. The van der Waals surface area contributed by atoms with Crippen LogP contribution >= 0.6 is 0 Å². The molecule has 5 heteroatoms. The van der Waals surface area contributed by atoms with E-state index in [1.807, 2.05) is 55.5 Å². The van der Waals surface area contributed by atoms with Gasteiger partial charge in [0.2, 0.25) is 5.91 Å². The van der Waals surface area contributed by atoms with E-state index in [-0.39, 0.29) is 29.5 Å². The van der Waals surface area contributed by atoms with Gasteiger partial charge >= 0.3 is 0 Å². The second-order valence-corrected chi connectivity index (χ2v) is 8.59. The predicted molar refractivity (Wildman–Crippen MR) is 132 cm³/mol. The minimum absolute atomic E-state index is 0.0421. The highest BCUT2D eigenvalue weighted by Crippen LogP contribution is 2.30. The summed E-state index contributed by atoms with van der Waals surface area (Å²) in [6, 6.07) is 18.9. The summed E-state index contributed by atoms with van der Waals surface area (Å²) in [7, 11) is 0. The number of Topliss-reactive ketones (excluding diaryl/α,β-unsaturated/α-hetero) is 1. The molecule has 0 spiro atoms. The number of carbonyl (C=O) groups is 2. The predicted octanol–water partition coefficient (Wildman–Crippen LogP) is 5.93. The summed E-state index contributed by atoms with van der Waals surface area (Å²) in [6.45, 7) is 8.08. The smallest absolute Gasteiger partial charge is 0.238 e. The molecule has 3 aromatic carbocycles. The first-order valence-corrected chi connectivity index (χ1v) is 11.3. The van der Waals surface area contributed by atoms with Crippen molar-refractivity contribution in [3.8, 4) is 11.1 Å². The van der Waals surface area contributed by atoms with Crippen LogP contribution in [0.4, 0.5) is 10.1 Å². The Balaban J connectivity index is 1.84. The van der Waals surface area contributed by atoms with Crippen molar-refractivity contribution in [1.82, 2.24) is 5.32 Å². The molecule has 3 rings (SSSR count). The summed E-state index contributed by atoms with van der Waals surface area (Å²) >= 11 is 0. The molecule has 4 nitrogen and oxygen atoms in total. The zero-order chi connectivity index (χ0) is 24.0. The number of benzene rings is 3. The van der Waals surface area contributed by atoms with Crippen LogP contribution in [0.25, 0.3) is 11.1 Å². The van der Waals surface area contributed by atoms with Crippen LogP contribution in [0, 0.1) is 18.7 Å². The zero-order valence-electron chi connectivity index (χ0n) is 19.7. The summed E-state index contributed by atoms with van der Waals surface area (Å²) in [6.07, 6.45) is 0.858. The molecule has 0 heterocycles. The van der Waals surface area contributed by atoms with E-state index in [9.17, 15) is 9.59 Å². The first-order valence-electron chi connectivity index (χ1n) is 11.3. The Labute approximate surface area is 195 Å². The maximum Gasteiger partial charge on any atom is 0.238 e. The van der Waals surface area contributed by atoms with Crippen molar-refractivity contribution < 1.29 is 14.0 Å². The molecule has 172 valence electrons. The fraction of sp³-hybridized carbons (Fsp3) is 0.286. The Hall–Kier alpha value is -3.31. The van der Waals surface area contributed by atoms with E-state index in [1.165, 1.54) is 6.07 Å². The van der Waals surface area contributed by atoms with Gasteiger partial charge in [0.05, 0.1) is 17.8 Å². The molecular weight excluding hydrogens is 415 g/mol. The molecule has 0 bridgehead atoms. The van der Waals surface area contributed by atoms with E-state index >= 15 is 4.39 Å². The van der Waals surface area contributed by atoms with E-state index in [1.54, 1.807) is 19.9 Å². The first kappa shape index (κ1) is 24.3. The molecule has 1 amide bonds. The Bertz CT molecular complexity index is 1150. The van der Waals surface area contributed by atoms with Crippen LogP contribution < -0.4 is 10.6 Å². The normalized spacial score (nSPS) is 11.0. The average molecular weight is 447 g/mol. The van der Waals surface area contributed by atoms with Crippen LogP contribution in [-0.4, -0.2) is 18.2 Å². The Morgan fingerprint density at radius 1 is 0.939 bits per heavy atom. The molecule has 0 saturated heterocycles. The molecular formula is C28H31FN2O2. The molecule has 0 aliphatic rings. The maximum atomic E-state index is 15.2. The van der Waals surface area contributed by atoms with Crippen molar-refractivity contribution in [1.29, 1.82) is 0 Å². The van der Waals surface area contributed by atoms with Gasteiger partial charge in [-0.1, -0.05) is 74.9 Å². The summed E-state index contributed by atoms with van der Waals surface area (Å²) in [5.74, 6) is -1.70. The number of amides is 1. The number of nitrogens with one attached hydrogen (secondary N) is 2. The van der Waals surface area contributed by atoms with Gasteiger partial charge in [0.15, 0.2) is 5.78 Å². The Morgan fingerprint density at radius 3 is 2.36 bits per heavy atom. The van der Waals surface area contributed by atoms with Crippen molar-refractivity contribution in [3.63, 3.8) is 0 Å². The van der Waals surface area contributed by atoms with Gasteiger partial charge in [-0.25, -0.2) is 4.39 Å². The number of rotatable bonds is 9. The number of hydrogen-bond donors (Lipinski definition) is 2. The molecule has 0 aliphatic carbocycles. The topological polar surface area (TPSA) is 58.2 Å².